The van der Waals surface area contributed by atoms with Crippen molar-refractivity contribution >= 4 is 29.1 Å². The van der Waals surface area contributed by atoms with Gasteiger partial charge in [0, 0.05) is 17.6 Å². The van der Waals surface area contributed by atoms with Gasteiger partial charge in [-0.25, -0.2) is 0 Å². The first-order chi connectivity index (χ1) is 13.8. The van der Waals surface area contributed by atoms with Crippen LogP contribution in [0.15, 0.2) is 18.2 Å². The zero-order valence-electron chi connectivity index (χ0n) is 16.2. The third-order valence-corrected chi connectivity index (χ3v) is 6.27. The van der Waals surface area contributed by atoms with E-state index in [-0.39, 0.29) is 41.1 Å². The number of anilines is 1. The van der Waals surface area contributed by atoms with E-state index >= 15 is 0 Å². The van der Waals surface area contributed by atoms with Gasteiger partial charge in [0.15, 0.2) is 0 Å². The first-order valence-corrected chi connectivity index (χ1v) is 10.6. The number of halogens is 4. The lowest BCUT2D eigenvalue weighted by Gasteiger charge is -2.32. The lowest BCUT2D eigenvalue weighted by Crippen LogP contribution is -2.39. The average Bonchev–Trinajstić information content (AvgIpc) is 2.69. The Balaban J connectivity index is 1.70. The fourth-order valence-electron chi connectivity index (χ4n) is 4.36. The third-order valence-electron chi connectivity index (χ3n) is 5.94. The second-order valence-electron chi connectivity index (χ2n) is 8.03. The summed E-state index contributed by atoms with van der Waals surface area (Å²) in [5, 5.41) is 5.76. The molecule has 4 nitrogen and oxygen atoms in total. The van der Waals surface area contributed by atoms with Crippen molar-refractivity contribution in [2.75, 3.05) is 5.32 Å². The Morgan fingerprint density at radius 3 is 2.31 bits per heavy atom. The van der Waals surface area contributed by atoms with E-state index in [4.69, 9.17) is 11.6 Å². The number of benzene rings is 1. The minimum Gasteiger partial charge on any atom is -0.349 e. The van der Waals surface area contributed by atoms with Crippen molar-refractivity contribution in [1.82, 2.24) is 5.32 Å². The quantitative estimate of drug-likeness (QED) is 0.642. The molecule has 1 aromatic rings. The van der Waals surface area contributed by atoms with Crippen LogP contribution in [0.1, 0.15) is 68.1 Å². The van der Waals surface area contributed by atoms with E-state index in [1.54, 1.807) is 0 Å². The Bertz CT molecular complexity index is 748. The van der Waals surface area contributed by atoms with Crippen molar-refractivity contribution in [2.45, 2.75) is 70.0 Å². The van der Waals surface area contributed by atoms with Gasteiger partial charge in [0.05, 0.1) is 16.5 Å². The van der Waals surface area contributed by atoms with Gasteiger partial charge in [0.2, 0.25) is 5.91 Å². The molecule has 2 amide bonds. The molecule has 2 fully saturated rings. The largest absolute Gasteiger partial charge is 0.392 e. The highest BCUT2D eigenvalue weighted by Gasteiger charge is 2.48. The molecule has 0 spiro atoms. The molecule has 2 aliphatic carbocycles. The van der Waals surface area contributed by atoms with Gasteiger partial charge in [-0.3, -0.25) is 9.59 Å². The summed E-state index contributed by atoms with van der Waals surface area (Å²) in [7, 11) is 0. The minimum absolute atomic E-state index is 0.0305. The van der Waals surface area contributed by atoms with E-state index in [2.05, 4.69) is 10.6 Å². The number of rotatable bonds is 4. The molecular weight excluding hydrogens is 405 g/mol. The van der Waals surface area contributed by atoms with Crippen LogP contribution < -0.4 is 10.6 Å². The molecule has 3 rings (SSSR count). The van der Waals surface area contributed by atoms with Crippen molar-refractivity contribution in [1.29, 1.82) is 0 Å². The van der Waals surface area contributed by atoms with E-state index in [1.807, 2.05) is 0 Å². The Labute approximate surface area is 173 Å². The number of amides is 2. The Morgan fingerprint density at radius 2 is 1.62 bits per heavy atom. The number of nitrogens with one attached hydrogen (secondary N) is 2. The summed E-state index contributed by atoms with van der Waals surface area (Å²) in [6, 6.07) is 4.52. The fraction of sp³-hybridized carbons (Fsp3) is 0.619. The summed E-state index contributed by atoms with van der Waals surface area (Å²) in [5.74, 6) is -3.73. The van der Waals surface area contributed by atoms with E-state index in [1.165, 1.54) is 18.2 Å². The molecule has 8 heteroatoms. The summed E-state index contributed by atoms with van der Waals surface area (Å²) >= 11 is 6.15. The molecular formula is C21H26ClF3N2O2. The van der Waals surface area contributed by atoms with Crippen LogP contribution in [-0.2, 0) is 4.79 Å². The van der Waals surface area contributed by atoms with Gasteiger partial charge in [0.1, 0.15) is 0 Å². The molecule has 0 aromatic heterocycles. The highest BCUT2D eigenvalue weighted by Crippen LogP contribution is 2.42. The lowest BCUT2D eigenvalue weighted by atomic mass is 9.78. The second kappa shape index (κ2) is 9.37. The maximum atomic E-state index is 13.3. The summed E-state index contributed by atoms with van der Waals surface area (Å²) in [6.45, 7) is 0. The number of carbonyl (C=O) groups excluding carboxylic acids is 2. The first-order valence-electron chi connectivity index (χ1n) is 10.2. The highest BCUT2D eigenvalue weighted by atomic mass is 35.5. The van der Waals surface area contributed by atoms with Gasteiger partial charge in [-0.15, -0.1) is 0 Å². The smallest absolute Gasteiger partial charge is 0.349 e. The van der Waals surface area contributed by atoms with Gasteiger partial charge in [0.25, 0.3) is 5.91 Å². The van der Waals surface area contributed by atoms with Crippen LogP contribution in [-0.4, -0.2) is 24.0 Å². The second-order valence-corrected chi connectivity index (χ2v) is 8.44. The van der Waals surface area contributed by atoms with Crippen molar-refractivity contribution < 1.29 is 22.8 Å². The van der Waals surface area contributed by atoms with Gasteiger partial charge < -0.3 is 10.6 Å². The van der Waals surface area contributed by atoms with Crippen LogP contribution in [0.3, 0.4) is 0 Å². The van der Waals surface area contributed by atoms with E-state index < -0.39 is 23.9 Å². The molecule has 2 unspecified atom stereocenters. The van der Waals surface area contributed by atoms with Gasteiger partial charge in [-0.1, -0.05) is 43.7 Å². The monoisotopic (exact) mass is 430 g/mol. The van der Waals surface area contributed by atoms with Crippen molar-refractivity contribution in [3.8, 4) is 0 Å². The molecule has 29 heavy (non-hydrogen) atoms. The summed E-state index contributed by atoms with van der Waals surface area (Å²) in [5.41, 5.74) is 0.491. The third kappa shape index (κ3) is 5.65. The normalized spacial score (nSPS) is 23.4. The SMILES string of the molecule is O=C(NC1CCCCC1)c1cc(NC(=O)C2CCCCC2C(F)(F)F)ccc1Cl. The zero-order valence-corrected chi connectivity index (χ0v) is 16.9. The summed E-state index contributed by atoms with van der Waals surface area (Å²) in [4.78, 5) is 25.2. The van der Waals surface area contributed by atoms with Gasteiger partial charge >= 0.3 is 6.18 Å². The molecule has 2 saturated carbocycles. The van der Waals surface area contributed by atoms with Gasteiger partial charge in [-0.05, 0) is 43.9 Å². The molecule has 0 heterocycles. The molecule has 0 saturated heterocycles. The lowest BCUT2D eigenvalue weighted by molar-refractivity contribution is -0.197. The first kappa shape index (κ1) is 21.9. The van der Waals surface area contributed by atoms with Crippen LogP contribution in [0.4, 0.5) is 18.9 Å². The van der Waals surface area contributed by atoms with Crippen LogP contribution in [0.5, 0.6) is 0 Å². The molecule has 2 atom stereocenters. The molecule has 2 aliphatic rings. The van der Waals surface area contributed by atoms with E-state index in [0.29, 0.717) is 12.8 Å². The van der Waals surface area contributed by atoms with Crippen LogP contribution in [0, 0.1) is 11.8 Å². The van der Waals surface area contributed by atoms with Crippen molar-refractivity contribution in [3.05, 3.63) is 28.8 Å². The van der Waals surface area contributed by atoms with E-state index in [0.717, 1.165) is 32.1 Å². The maximum absolute atomic E-state index is 13.3. The minimum atomic E-state index is -4.40. The highest BCUT2D eigenvalue weighted by molar-refractivity contribution is 6.34. The van der Waals surface area contributed by atoms with Crippen LogP contribution >= 0.6 is 11.6 Å². The number of hydrogen-bond acceptors (Lipinski definition) is 2. The molecule has 0 bridgehead atoms. The maximum Gasteiger partial charge on any atom is 0.392 e. The molecule has 1 aromatic carbocycles. The standard InChI is InChI=1S/C21H26ClF3N2O2/c22-18-11-10-14(12-16(18)20(29)26-13-6-2-1-3-7-13)27-19(28)15-8-4-5-9-17(15)21(23,24)25/h10-13,15,17H,1-9H2,(H,26,29)(H,27,28). The Morgan fingerprint density at radius 1 is 0.966 bits per heavy atom. The van der Waals surface area contributed by atoms with Crippen molar-refractivity contribution in [2.24, 2.45) is 11.8 Å². The van der Waals surface area contributed by atoms with Crippen LogP contribution in [0.25, 0.3) is 0 Å². The average molecular weight is 431 g/mol. The molecule has 0 radical (unpaired) electrons. The zero-order chi connectivity index (χ0) is 21.0. The number of carbonyl (C=O) groups is 2. The number of alkyl halides is 3. The van der Waals surface area contributed by atoms with Crippen molar-refractivity contribution in [3.63, 3.8) is 0 Å². The van der Waals surface area contributed by atoms with Crippen LogP contribution in [0.2, 0.25) is 5.02 Å². The fourth-order valence-corrected chi connectivity index (χ4v) is 4.56. The topological polar surface area (TPSA) is 58.2 Å². The predicted octanol–water partition coefficient (Wildman–Crippen LogP) is 5.71. The van der Waals surface area contributed by atoms with Gasteiger partial charge in [-0.2, -0.15) is 13.2 Å². The molecule has 0 aliphatic heterocycles. The van der Waals surface area contributed by atoms with E-state index in [9.17, 15) is 22.8 Å². The summed E-state index contributed by atoms with van der Waals surface area (Å²) in [6.07, 6.45) is 1.98. The molecule has 2 N–H and O–H groups in total. The Kier molecular flexibility index (Phi) is 7.09. The Hall–Kier alpha value is -1.76. The number of hydrogen-bond donors (Lipinski definition) is 2. The molecule has 160 valence electrons. The summed E-state index contributed by atoms with van der Waals surface area (Å²) < 4.78 is 39.9. The predicted molar refractivity (Wildman–Crippen MR) is 106 cm³/mol.